The van der Waals surface area contributed by atoms with E-state index in [2.05, 4.69) is 0 Å². The van der Waals surface area contributed by atoms with Gasteiger partial charge in [-0.25, -0.2) is 4.79 Å². The SMILES string of the molecule is [2H]C([2H])(c1ccccc1OCCCCCC1OC(=O)C=C(O)O1)N(C(=O)c1ccc(-c2ccco2)cc1)C1CC1. The van der Waals surface area contributed by atoms with Crippen molar-refractivity contribution in [3.05, 3.63) is 90.1 Å². The molecule has 5 rings (SSSR count). The Kier molecular flexibility index (Phi) is 7.19. The lowest BCUT2D eigenvalue weighted by Crippen LogP contribution is -2.32. The second kappa shape index (κ2) is 11.9. The van der Waals surface area contributed by atoms with Crippen LogP contribution in [-0.2, 0) is 20.8 Å². The van der Waals surface area contributed by atoms with Gasteiger partial charge in [0.05, 0.1) is 15.6 Å². The Hall–Kier alpha value is -4.20. The van der Waals surface area contributed by atoms with Gasteiger partial charge in [0.15, 0.2) is 0 Å². The molecule has 8 heteroatoms. The van der Waals surface area contributed by atoms with E-state index in [-0.39, 0.29) is 11.9 Å². The predicted molar refractivity (Wildman–Crippen MR) is 139 cm³/mol. The van der Waals surface area contributed by atoms with Crippen molar-refractivity contribution in [2.45, 2.75) is 57.4 Å². The lowest BCUT2D eigenvalue weighted by Gasteiger charge is -2.24. The van der Waals surface area contributed by atoms with E-state index < -0.39 is 24.7 Å². The molecule has 1 saturated carbocycles. The van der Waals surface area contributed by atoms with Crippen molar-refractivity contribution in [3.63, 3.8) is 0 Å². The molecule has 198 valence electrons. The molecule has 0 saturated heterocycles. The van der Waals surface area contributed by atoms with Crippen molar-refractivity contribution in [3.8, 4) is 17.1 Å². The first-order chi connectivity index (χ1) is 19.3. The Morgan fingerprint density at radius 2 is 1.84 bits per heavy atom. The molecule has 2 heterocycles. The fourth-order valence-electron chi connectivity index (χ4n) is 4.16. The quantitative estimate of drug-likeness (QED) is 0.232. The average molecular weight is 520 g/mol. The Balaban J connectivity index is 1.21. The molecule has 0 bridgehead atoms. The molecule has 1 aromatic heterocycles. The van der Waals surface area contributed by atoms with Crippen LogP contribution in [0, 0.1) is 0 Å². The number of hydrogen-bond acceptors (Lipinski definition) is 7. The van der Waals surface area contributed by atoms with Crippen molar-refractivity contribution in [1.82, 2.24) is 4.90 Å². The van der Waals surface area contributed by atoms with Crippen LogP contribution in [0.1, 0.15) is 57.2 Å². The summed E-state index contributed by atoms with van der Waals surface area (Å²) in [6, 6.07) is 17.3. The maximum atomic E-state index is 13.6. The molecule has 1 atom stereocenters. The minimum absolute atomic E-state index is 0.189. The molecular formula is C30H31NO7. The number of carbonyl (C=O) groups excluding carboxylic acids is 2. The summed E-state index contributed by atoms with van der Waals surface area (Å²) >= 11 is 0. The zero-order valence-electron chi connectivity index (χ0n) is 22.9. The highest BCUT2D eigenvalue weighted by atomic mass is 16.7. The molecule has 1 aliphatic carbocycles. The van der Waals surface area contributed by atoms with Gasteiger partial charge < -0.3 is 28.6 Å². The smallest absolute Gasteiger partial charge is 0.341 e. The van der Waals surface area contributed by atoms with Crippen molar-refractivity contribution >= 4 is 11.9 Å². The summed E-state index contributed by atoms with van der Waals surface area (Å²) in [6.07, 6.45) is 5.69. The maximum absolute atomic E-state index is 13.6. The summed E-state index contributed by atoms with van der Waals surface area (Å²) in [5, 5.41) is 9.39. The molecule has 2 aliphatic rings. The Morgan fingerprint density at radius 1 is 1.03 bits per heavy atom. The topological polar surface area (TPSA) is 98.4 Å². The van der Waals surface area contributed by atoms with Crippen molar-refractivity contribution in [2.75, 3.05) is 6.61 Å². The molecule has 1 amide bonds. The number of furan rings is 1. The number of aliphatic hydroxyl groups excluding tert-OH is 1. The third kappa shape index (κ3) is 6.56. The number of hydrogen-bond donors (Lipinski definition) is 1. The molecule has 8 nitrogen and oxygen atoms in total. The first-order valence-corrected chi connectivity index (χ1v) is 12.8. The third-order valence-electron chi connectivity index (χ3n) is 6.28. The number of amides is 1. The van der Waals surface area contributed by atoms with Gasteiger partial charge in [0.25, 0.3) is 11.9 Å². The maximum Gasteiger partial charge on any atom is 0.341 e. The van der Waals surface area contributed by atoms with Crippen molar-refractivity contribution < 1.29 is 36.1 Å². The van der Waals surface area contributed by atoms with Gasteiger partial charge in [-0.2, -0.15) is 0 Å². The highest BCUT2D eigenvalue weighted by molar-refractivity contribution is 5.95. The molecular weight excluding hydrogens is 486 g/mol. The van der Waals surface area contributed by atoms with Crippen LogP contribution in [0.2, 0.25) is 0 Å². The lowest BCUT2D eigenvalue weighted by molar-refractivity contribution is -0.183. The molecule has 38 heavy (non-hydrogen) atoms. The minimum atomic E-state index is -2.09. The molecule has 0 radical (unpaired) electrons. The number of aliphatic hydroxyl groups is 1. The number of benzene rings is 2. The number of carbonyl (C=O) groups is 2. The Labute approximate surface area is 224 Å². The van der Waals surface area contributed by atoms with E-state index in [0.717, 1.165) is 30.9 Å². The summed E-state index contributed by atoms with van der Waals surface area (Å²) < 4.78 is 39.6. The van der Waals surface area contributed by atoms with Gasteiger partial charge in [-0.05, 0) is 62.4 Å². The summed E-state index contributed by atoms with van der Waals surface area (Å²) in [7, 11) is 0. The molecule has 1 unspecified atom stereocenters. The van der Waals surface area contributed by atoms with Crippen LogP contribution < -0.4 is 4.74 Å². The molecule has 1 aliphatic heterocycles. The number of unbranched alkanes of at least 4 members (excludes halogenated alkanes) is 2. The van der Waals surface area contributed by atoms with E-state index in [4.69, 9.17) is 21.4 Å². The summed E-state index contributed by atoms with van der Waals surface area (Å²) in [5.74, 6) is -0.368. The van der Waals surface area contributed by atoms with E-state index in [0.29, 0.717) is 48.5 Å². The largest absolute Gasteiger partial charge is 0.493 e. The number of cyclic esters (lactones) is 1. The van der Waals surface area contributed by atoms with Crippen molar-refractivity contribution in [2.24, 2.45) is 0 Å². The van der Waals surface area contributed by atoms with E-state index >= 15 is 0 Å². The van der Waals surface area contributed by atoms with Gasteiger partial charge in [-0.3, -0.25) is 4.79 Å². The second-order valence-corrected chi connectivity index (χ2v) is 9.23. The Morgan fingerprint density at radius 3 is 2.58 bits per heavy atom. The molecule has 1 fully saturated rings. The fraction of sp³-hybridized carbons (Fsp3) is 0.333. The van der Waals surface area contributed by atoms with Gasteiger partial charge in [0, 0.05) is 35.6 Å². The molecule has 1 N–H and O–H groups in total. The minimum Gasteiger partial charge on any atom is -0.493 e. The van der Waals surface area contributed by atoms with Gasteiger partial charge in [0.1, 0.15) is 17.6 Å². The fourth-order valence-corrected chi connectivity index (χ4v) is 4.16. The van der Waals surface area contributed by atoms with E-state index in [1.807, 2.05) is 6.07 Å². The van der Waals surface area contributed by atoms with Crippen LogP contribution in [0.3, 0.4) is 0 Å². The van der Waals surface area contributed by atoms with Crippen LogP contribution in [0.4, 0.5) is 0 Å². The number of ether oxygens (including phenoxy) is 3. The van der Waals surface area contributed by atoms with Crippen LogP contribution in [-0.4, -0.2) is 40.8 Å². The standard InChI is InChI=1S/C30H31NO7/c32-27-19-28(33)38-29(37-27)10-2-1-5-17-35-26-8-4-3-7-23(26)20-31(24-15-16-24)30(34)22-13-11-21(12-14-22)25-9-6-18-36-25/h3-4,6-9,11-14,18-19,24,29,32H,1-2,5,10,15-17,20H2/i20D2. The first kappa shape index (κ1) is 23.0. The van der Waals surface area contributed by atoms with Crippen LogP contribution >= 0.6 is 0 Å². The monoisotopic (exact) mass is 519 g/mol. The van der Waals surface area contributed by atoms with E-state index in [1.165, 1.54) is 4.90 Å². The Bertz CT molecular complexity index is 1350. The van der Waals surface area contributed by atoms with Gasteiger partial charge in [-0.15, -0.1) is 0 Å². The summed E-state index contributed by atoms with van der Waals surface area (Å²) in [6.45, 7) is -1.75. The van der Waals surface area contributed by atoms with Crippen LogP contribution in [0.25, 0.3) is 11.3 Å². The zero-order valence-corrected chi connectivity index (χ0v) is 20.9. The predicted octanol–water partition coefficient (Wildman–Crippen LogP) is 5.99. The second-order valence-electron chi connectivity index (χ2n) is 9.23. The number of nitrogens with zero attached hydrogens (tertiary/aromatic N) is 1. The van der Waals surface area contributed by atoms with Gasteiger partial charge in [-0.1, -0.05) is 30.3 Å². The normalized spacial score (nSPS) is 17.9. The molecule has 3 aromatic rings. The summed E-state index contributed by atoms with van der Waals surface area (Å²) in [5.41, 5.74) is 1.54. The highest BCUT2D eigenvalue weighted by Gasteiger charge is 2.33. The molecule has 0 spiro atoms. The molecule has 2 aromatic carbocycles. The third-order valence-corrected chi connectivity index (χ3v) is 6.28. The van der Waals surface area contributed by atoms with Crippen LogP contribution in [0.5, 0.6) is 5.75 Å². The lowest BCUT2D eigenvalue weighted by atomic mass is 10.1. The highest BCUT2D eigenvalue weighted by Crippen LogP contribution is 2.32. The summed E-state index contributed by atoms with van der Waals surface area (Å²) in [4.78, 5) is 26.3. The number of rotatable bonds is 12. The number of para-hydroxylation sites is 1. The van der Waals surface area contributed by atoms with E-state index in [9.17, 15) is 14.7 Å². The van der Waals surface area contributed by atoms with Gasteiger partial charge >= 0.3 is 5.97 Å². The average Bonchev–Trinajstić information content (AvgIpc) is 3.60. The zero-order chi connectivity index (χ0) is 28.1. The van der Waals surface area contributed by atoms with Gasteiger partial charge in [0.2, 0.25) is 6.29 Å². The van der Waals surface area contributed by atoms with Crippen LogP contribution in [0.15, 0.2) is 83.4 Å². The van der Waals surface area contributed by atoms with Crippen molar-refractivity contribution in [1.29, 1.82) is 0 Å². The number of esters is 1. The van der Waals surface area contributed by atoms with E-state index in [1.54, 1.807) is 60.9 Å². The first-order valence-electron chi connectivity index (χ1n) is 13.8.